The summed E-state index contributed by atoms with van der Waals surface area (Å²) in [6.07, 6.45) is 4.74. The number of benzene rings is 1. The van der Waals surface area contributed by atoms with Crippen molar-refractivity contribution in [2.45, 2.75) is 37.1 Å². The van der Waals surface area contributed by atoms with Crippen molar-refractivity contribution in [1.82, 2.24) is 9.78 Å². The Morgan fingerprint density at radius 2 is 2.12 bits per heavy atom. The smallest absolute Gasteiger partial charge is 0.226 e. The van der Waals surface area contributed by atoms with Gasteiger partial charge in [0, 0.05) is 23.1 Å². The highest BCUT2D eigenvalue weighted by atomic mass is 32.2. The Bertz CT molecular complexity index is 680. The number of hydrogen-bond donors (Lipinski definition) is 1. The molecule has 0 aliphatic heterocycles. The number of methoxy groups -OCH3 is 1. The maximum Gasteiger partial charge on any atom is 0.226 e. The summed E-state index contributed by atoms with van der Waals surface area (Å²) >= 11 is 1.67. The first kappa shape index (κ1) is 16.9. The van der Waals surface area contributed by atoms with Crippen LogP contribution in [0.1, 0.15) is 32.2 Å². The molecule has 1 amide bonds. The number of nitrogens with one attached hydrogen (secondary N) is 1. The van der Waals surface area contributed by atoms with Crippen molar-refractivity contribution in [2.75, 3.05) is 18.2 Å². The predicted octanol–water partition coefficient (Wildman–Crippen LogP) is 3.98. The van der Waals surface area contributed by atoms with Gasteiger partial charge in [-0.05, 0) is 49.9 Å². The SMILES string of the molecule is COc1ccc(SCCC(=O)Nc2ccnn2C(C)C2CC2)cc1. The molecule has 1 aromatic heterocycles. The first-order valence-corrected chi connectivity index (χ1v) is 9.26. The van der Waals surface area contributed by atoms with Crippen LogP contribution in [-0.4, -0.2) is 28.6 Å². The molecule has 1 heterocycles. The number of thioether (sulfide) groups is 1. The van der Waals surface area contributed by atoms with Crippen molar-refractivity contribution in [3.05, 3.63) is 36.5 Å². The molecule has 1 fully saturated rings. The molecular formula is C18H23N3O2S. The van der Waals surface area contributed by atoms with Crippen molar-refractivity contribution >= 4 is 23.5 Å². The average molecular weight is 345 g/mol. The van der Waals surface area contributed by atoms with E-state index >= 15 is 0 Å². The summed E-state index contributed by atoms with van der Waals surface area (Å²) in [5.41, 5.74) is 0. The maximum absolute atomic E-state index is 12.2. The fourth-order valence-corrected chi connectivity index (χ4v) is 3.51. The van der Waals surface area contributed by atoms with E-state index in [0.29, 0.717) is 18.4 Å². The van der Waals surface area contributed by atoms with Gasteiger partial charge in [0.05, 0.1) is 19.3 Å². The third-order valence-electron chi connectivity index (χ3n) is 4.29. The number of anilines is 1. The summed E-state index contributed by atoms with van der Waals surface area (Å²) < 4.78 is 7.08. The van der Waals surface area contributed by atoms with Gasteiger partial charge < -0.3 is 10.1 Å². The van der Waals surface area contributed by atoms with Crippen molar-refractivity contribution in [1.29, 1.82) is 0 Å². The zero-order valence-electron chi connectivity index (χ0n) is 14.1. The molecule has 1 N–H and O–H groups in total. The Kier molecular flexibility index (Phi) is 5.45. The number of rotatable bonds is 8. The molecule has 1 aromatic carbocycles. The van der Waals surface area contributed by atoms with Crippen molar-refractivity contribution in [3.63, 3.8) is 0 Å². The third kappa shape index (κ3) is 4.32. The van der Waals surface area contributed by atoms with E-state index in [1.54, 1.807) is 25.1 Å². The molecule has 2 aromatic rings. The van der Waals surface area contributed by atoms with Gasteiger partial charge in [0.2, 0.25) is 5.91 Å². The van der Waals surface area contributed by atoms with E-state index in [-0.39, 0.29) is 5.91 Å². The highest BCUT2D eigenvalue weighted by Crippen LogP contribution is 2.40. The molecule has 1 unspecified atom stereocenters. The number of aromatic nitrogens is 2. The highest BCUT2D eigenvalue weighted by molar-refractivity contribution is 7.99. The quantitative estimate of drug-likeness (QED) is 0.735. The van der Waals surface area contributed by atoms with E-state index in [0.717, 1.165) is 22.2 Å². The Morgan fingerprint density at radius 1 is 1.38 bits per heavy atom. The second-order valence-electron chi connectivity index (χ2n) is 6.06. The summed E-state index contributed by atoms with van der Waals surface area (Å²) in [5, 5.41) is 7.35. The molecule has 0 saturated heterocycles. The summed E-state index contributed by atoms with van der Waals surface area (Å²) in [4.78, 5) is 13.3. The molecule has 5 nitrogen and oxygen atoms in total. The monoisotopic (exact) mass is 345 g/mol. The van der Waals surface area contributed by atoms with Gasteiger partial charge in [-0.25, -0.2) is 4.68 Å². The molecule has 0 radical (unpaired) electrons. The predicted molar refractivity (Wildman–Crippen MR) is 96.6 cm³/mol. The van der Waals surface area contributed by atoms with Crippen molar-refractivity contribution in [2.24, 2.45) is 5.92 Å². The Morgan fingerprint density at radius 3 is 2.79 bits per heavy atom. The van der Waals surface area contributed by atoms with Crippen LogP contribution in [0.3, 0.4) is 0 Å². The lowest BCUT2D eigenvalue weighted by Crippen LogP contribution is -2.18. The molecule has 0 spiro atoms. The fourth-order valence-electron chi connectivity index (χ4n) is 2.66. The van der Waals surface area contributed by atoms with E-state index in [1.807, 2.05) is 35.0 Å². The Hall–Kier alpha value is -1.95. The van der Waals surface area contributed by atoms with Crippen LogP contribution < -0.4 is 10.1 Å². The lowest BCUT2D eigenvalue weighted by atomic mass is 10.2. The lowest BCUT2D eigenvalue weighted by molar-refractivity contribution is -0.115. The number of carbonyl (C=O) groups is 1. The molecule has 1 aliphatic carbocycles. The topological polar surface area (TPSA) is 56.1 Å². The van der Waals surface area contributed by atoms with Gasteiger partial charge in [-0.15, -0.1) is 11.8 Å². The number of nitrogens with zero attached hydrogens (tertiary/aromatic N) is 2. The zero-order chi connectivity index (χ0) is 16.9. The van der Waals surface area contributed by atoms with Crippen LogP contribution in [0.2, 0.25) is 0 Å². The molecule has 0 bridgehead atoms. The second-order valence-corrected chi connectivity index (χ2v) is 7.23. The molecular weight excluding hydrogens is 322 g/mol. The van der Waals surface area contributed by atoms with Crippen LogP contribution in [0.4, 0.5) is 5.82 Å². The minimum Gasteiger partial charge on any atom is -0.497 e. The largest absolute Gasteiger partial charge is 0.497 e. The summed E-state index contributed by atoms with van der Waals surface area (Å²) in [5.74, 6) is 3.11. The van der Waals surface area contributed by atoms with Gasteiger partial charge in [0.1, 0.15) is 11.6 Å². The first-order valence-electron chi connectivity index (χ1n) is 8.27. The average Bonchev–Trinajstić information content (AvgIpc) is 3.35. The van der Waals surface area contributed by atoms with E-state index in [9.17, 15) is 4.79 Å². The van der Waals surface area contributed by atoms with Gasteiger partial charge in [0.15, 0.2) is 0 Å². The third-order valence-corrected chi connectivity index (χ3v) is 5.30. The van der Waals surface area contributed by atoms with Gasteiger partial charge in [-0.2, -0.15) is 5.10 Å². The van der Waals surface area contributed by atoms with Crippen LogP contribution in [0.25, 0.3) is 0 Å². The summed E-state index contributed by atoms with van der Waals surface area (Å²) in [6.45, 7) is 2.17. The van der Waals surface area contributed by atoms with Crippen LogP contribution >= 0.6 is 11.8 Å². The van der Waals surface area contributed by atoms with E-state index in [1.165, 1.54) is 12.8 Å². The molecule has 1 aliphatic rings. The highest BCUT2D eigenvalue weighted by Gasteiger charge is 2.30. The van der Waals surface area contributed by atoms with Crippen LogP contribution in [0.5, 0.6) is 5.75 Å². The summed E-state index contributed by atoms with van der Waals surface area (Å²) in [6, 6.07) is 10.1. The Labute approximate surface area is 146 Å². The van der Waals surface area contributed by atoms with Gasteiger partial charge in [-0.1, -0.05) is 0 Å². The molecule has 1 saturated carbocycles. The Balaban J connectivity index is 1.46. The lowest BCUT2D eigenvalue weighted by Gasteiger charge is -2.15. The van der Waals surface area contributed by atoms with Crippen LogP contribution in [-0.2, 0) is 4.79 Å². The fraction of sp³-hybridized carbons (Fsp3) is 0.444. The number of ether oxygens (including phenoxy) is 1. The first-order chi connectivity index (χ1) is 11.7. The molecule has 128 valence electrons. The number of hydrogen-bond acceptors (Lipinski definition) is 4. The molecule has 6 heteroatoms. The standard InChI is InChI=1S/C18H23N3O2S/c1-13(14-3-4-14)21-17(9-11-19-21)20-18(22)10-12-24-16-7-5-15(23-2)6-8-16/h5-9,11,13-14H,3-4,10,12H2,1-2H3,(H,20,22). The second kappa shape index (κ2) is 7.75. The number of amides is 1. The molecule has 3 rings (SSSR count). The normalized spacial score (nSPS) is 15.1. The summed E-state index contributed by atoms with van der Waals surface area (Å²) in [7, 11) is 1.65. The van der Waals surface area contributed by atoms with E-state index in [4.69, 9.17) is 4.74 Å². The van der Waals surface area contributed by atoms with E-state index in [2.05, 4.69) is 17.3 Å². The van der Waals surface area contributed by atoms with Crippen LogP contribution in [0, 0.1) is 5.92 Å². The zero-order valence-corrected chi connectivity index (χ0v) is 14.9. The van der Waals surface area contributed by atoms with Gasteiger partial charge in [0.25, 0.3) is 0 Å². The molecule has 24 heavy (non-hydrogen) atoms. The van der Waals surface area contributed by atoms with Crippen LogP contribution in [0.15, 0.2) is 41.4 Å². The number of carbonyl (C=O) groups excluding carboxylic acids is 1. The van der Waals surface area contributed by atoms with E-state index < -0.39 is 0 Å². The minimum atomic E-state index is 0.0285. The van der Waals surface area contributed by atoms with Gasteiger partial charge in [-0.3, -0.25) is 4.79 Å². The van der Waals surface area contributed by atoms with Gasteiger partial charge >= 0.3 is 0 Å². The maximum atomic E-state index is 12.2. The van der Waals surface area contributed by atoms with Crippen molar-refractivity contribution in [3.8, 4) is 5.75 Å². The van der Waals surface area contributed by atoms with Crippen molar-refractivity contribution < 1.29 is 9.53 Å². The minimum absolute atomic E-state index is 0.0285. The molecule has 1 atom stereocenters.